The molecule has 3 N–H and O–H groups in total. The van der Waals surface area contributed by atoms with E-state index in [-0.39, 0.29) is 12.2 Å². The van der Waals surface area contributed by atoms with Gasteiger partial charge in [-0.25, -0.2) is 4.79 Å². The highest BCUT2D eigenvalue weighted by Gasteiger charge is 2.26. The van der Waals surface area contributed by atoms with Gasteiger partial charge in [0.05, 0.1) is 5.69 Å². The fourth-order valence-corrected chi connectivity index (χ4v) is 2.12. The van der Waals surface area contributed by atoms with E-state index in [1.807, 2.05) is 0 Å². The van der Waals surface area contributed by atoms with Gasteiger partial charge in [0, 0.05) is 20.6 Å². The van der Waals surface area contributed by atoms with Gasteiger partial charge in [0.15, 0.2) is 0 Å². The summed E-state index contributed by atoms with van der Waals surface area (Å²) in [6.07, 6.45) is 0. The lowest BCUT2D eigenvalue weighted by Crippen LogP contribution is -2.26. The Balaban J connectivity index is 3.43. The molecule has 0 aliphatic rings. The van der Waals surface area contributed by atoms with Crippen LogP contribution in [-0.2, 0) is 18.9 Å². The highest BCUT2D eigenvalue weighted by Crippen LogP contribution is 2.22. The lowest BCUT2D eigenvalue weighted by atomic mass is 10.1. The molecule has 1 heterocycles. The van der Waals surface area contributed by atoms with Gasteiger partial charge >= 0.3 is 11.7 Å². The van der Waals surface area contributed by atoms with Crippen molar-refractivity contribution in [3.8, 4) is 0 Å². The number of imidazole rings is 1. The van der Waals surface area contributed by atoms with Crippen LogP contribution in [0.3, 0.4) is 0 Å². The maximum absolute atomic E-state index is 11.5. The molecular formula is C8H12BrN3O3. The first kappa shape index (κ1) is 12.0. The number of hydrogen-bond donors (Lipinski definition) is 2. The summed E-state index contributed by atoms with van der Waals surface area (Å²) in [5.41, 5.74) is 5.48. The number of rotatable bonds is 3. The molecule has 0 saturated heterocycles. The summed E-state index contributed by atoms with van der Waals surface area (Å²) in [6, 6.07) is 0. The zero-order chi connectivity index (χ0) is 11.7. The summed E-state index contributed by atoms with van der Waals surface area (Å²) in [7, 11) is 3.08. The summed E-state index contributed by atoms with van der Waals surface area (Å²) in [5.74, 6) is -1.92. The topological polar surface area (TPSA) is 90.2 Å². The van der Waals surface area contributed by atoms with Crippen molar-refractivity contribution in [2.24, 2.45) is 19.8 Å². The van der Waals surface area contributed by atoms with Crippen molar-refractivity contribution >= 4 is 21.9 Å². The molecule has 0 bridgehead atoms. The quantitative estimate of drug-likeness (QED) is 0.788. The molecule has 0 fully saturated rings. The van der Waals surface area contributed by atoms with E-state index < -0.39 is 11.9 Å². The minimum atomic E-state index is -1.04. The van der Waals surface area contributed by atoms with E-state index in [1.54, 1.807) is 7.05 Å². The predicted octanol–water partition coefficient (Wildman–Crippen LogP) is -0.387. The fraction of sp³-hybridized carbons (Fsp3) is 0.500. The number of carbonyl (C=O) groups is 1. The molecule has 15 heavy (non-hydrogen) atoms. The maximum atomic E-state index is 11.5. The second kappa shape index (κ2) is 4.19. The summed E-state index contributed by atoms with van der Waals surface area (Å²) in [5, 5.41) is 8.95. The monoisotopic (exact) mass is 277 g/mol. The molecule has 0 aliphatic heterocycles. The van der Waals surface area contributed by atoms with Crippen molar-refractivity contribution < 1.29 is 9.90 Å². The van der Waals surface area contributed by atoms with Gasteiger partial charge in [0.1, 0.15) is 10.5 Å². The van der Waals surface area contributed by atoms with E-state index in [1.165, 1.54) is 16.2 Å². The number of carboxylic acids is 1. The SMILES string of the molecule is Cn1c(Br)c(C(CN)C(=O)O)n(C)c1=O. The lowest BCUT2D eigenvalue weighted by molar-refractivity contribution is -0.138. The van der Waals surface area contributed by atoms with E-state index in [0.717, 1.165) is 0 Å². The van der Waals surface area contributed by atoms with Crippen molar-refractivity contribution in [2.75, 3.05) is 6.54 Å². The highest BCUT2D eigenvalue weighted by molar-refractivity contribution is 9.10. The van der Waals surface area contributed by atoms with E-state index in [4.69, 9.17) is 10.8 Å². The third-order valence-electron chi connectivity index (χ3n) is 2.30. The fourth-order valence-electron chi connectivity index (χ4n) is 1.43. The first-order valence-corrected chi connectivity index (χ1v) is 5.05. The molecule has 1 atom stereocenters. The first-order chi connectivity index (χ1) is 6.91. The number of nitrogens with zero attached hydrogens (tertiary/aromatic N) is 2. The second-order valence-electron chi connectivity index (χ2n) is 3.20. The molecule has 0 amide bonds. The Morgan fingerprint density at radius 3 is 2.33 bits per heavy atom. The van der Waals surface area contributed by atoms with Gasteiger partial charge in [-0.1, -0.05) is 0 Å². The van der Waals surface area contributed by atoms with Gasteiger partial charge < -0.3 is 10.8 Å². The number of carboxylic acid groups (broad SMARTS) is 1. The normalized spacial score (nSPS) is 12.8. The summed E-state index contributed by atoms with van der Waals surface area (Å²) in [6.45, 7) is -0.0504. The molecule has 7 heteroatoms. The number of aromatic nitrogens is 2. The van der Waals surface area contributed by atoms with Crippen LogP contribution in [0.5, 0.6) is 0 Å². The Morgan fingerprint density at radius 2 is 2.07 bits per heavy atom. The van der Waals surface area contributed by atoms with Crippen LogP contribution in [0, 0.1) is 0 Å². The molecule has 0 aliphatic carbocycles. The Bertz CT molecular complexity index is 449. The van der Waals surface area contributed by atoms with Crippen LogP contribution >= 0.6 is 15.9 Å². The van der Waals surface area contributed by atoms with E-state index in [9.17, 15) is 9.59 Å². The largest absolute Gasteiger partial charge is 0.481 e. The molecule has 0 radical (unpaired) electrons. The van der Waals surface area contributed by atoms with E-state index in [0.29, 0.717) is 10.3 Å². The van der Waals surface area contributed by atoms with Crippen molar-refractivity contribution in [3.63, 3.8) is 0 Å². The average molecular weight is 278 g/mol. The number of hydrogen-bond acceptors (Lipinski definition) is 3. The van der Waals surface area contributed by atoms with Gasteiger partial charge in [-0.2, -0.15) is 0 Å². The predicted molar refractivity (Wildman–Crippen MR) is 57.8 cm³/mol. The molecule has 0 aromatic carbocycles. The Labute approximate surface area is 94.4 Å². The summed E-state index contributed by atoms with van der Waals surface area (Å²) in [4.78, 5) is 22.4. The molecule has 1 rings (SSSR count). The van der Waals surface area contributed by atoms with Crippen molar-refractivity contribution in [1.82, 2.24) is 9.13 Å². The molecule has 84 valence electrons. The molecule has 1 aromatic rings. The van der Waals surface area contributed by atoms with Crippen LogP contribution in [0.4, 0.5) is 0 Å². The van der Waals surface area contributed by atoms with Crippen LogP contribution in [0.25, 0.3) is 0 Å². The summed E-state index contributed by atoms with van der Waals surface area (Å²) < 4.78 is 3.07. The van der Waals surface area contributed by atoms with Crippen LogP contribution in [-0.4, -0.2) is 26.8 Å². The van der Waals surface area contributed by atoms with Crippen molar-refractivity contribution in [3.05, 3.63) is 20.8 Å². The Kier molecular flexibility index (Phi) is 3.35. The number of aliphatic carboxylic acids is 1. The molecule has 0 spiro atoms. The van der Waals surface area contributed by atoms with Gasteiger partial charge in [0.25, 0.3) is 0 Å². The molecule has 6 nitrogen and oxygen atoms in total. The standard InChI is InChI=1S/C8H12BrN3O3/c1-11-5(4(3-10)7(13)14)6(9)12(2)8(11)15/h4H,3,10H2,1-2H3,(H,13,14). The number of nitrogens with two attached hydrogens (primary N) is 1. The molecular weight excluding hydrogens is 266 g/mol. The Hall–Kier alpha value is -1.08. The van der Waals surface area contributed by atoms with Crippen LogP contribution in [0.1, 0.15) is 11.6 Å². The summed E-state index contributed by atoms with van der Waals surface area (Å²) >= 11 is 3.18. The zero-order valence-corrected chi connectivity index (χ0v) is 9.98. The zero-order valence-electron chi connectivity index (χ0n) is 8.40. The van der Waals surface area contributed by atoms with Crippen LogP contribution in [0.2, 0.25) is 0 Å². The number of halogens is 1. The third-order valence-corrected chi connectivity index (χ3v) is 3.24. The smallest absolute Gasteiger partial charge is 0.328 e. The Morgan fingerprint density at radius 1 is 1.53 bits per heavy atom. The minimum absolute atomic E-state index is 0.0504. The second-order valence-corrected chi connectivity index (χ2v) is 3.95. The molecule has 1 unspecified atom stereocenters. The maximum Gasteiger partial charge on any atom is 0.328 e. The van der Waals surface area contributed by atoms with E-state index >= 15 is 0 Å². The van der Waals surface area contributed by atoms with Gasteiger partial charge in [-0.3, -0.25) is 13.9 Å². The van der Waals surface area contributed by atoms with Gasteiger partial charge in [0.2, 0.25) is 0 Å². The van der Waals surface area contributed by atoms with Gasteiger partial charge in [-0.05, 0) is 15.9 Å². The highest BCUT2D eigenvalue weighted by atomic mass is 79.9. The third kappa shape index (κ3) is 1.84. The van der Waals surface area contributed by atoms with Crippen molar-refractivity contribution in [1.29, 1.82) is 0 Å². The van der Waals surface area contributed by atoms with Crippen LogP contribution < -0.4 is 11.4 Å². The molecule has 1 aromatic heterocycles. The minimum Gasteiger partial charge on any atom is -0.481 e. The average Bonchev–Trinajstić information content (AvgIpc) is 2.36. The van der Waals surface area contributed by atoms with Gasteiger partial charge in [-0.15, -0.1) is 0 Å². The van der Waals surface area contributed by atoms with Crippen LogP contribution in [0.15, 0.2) is 9.40 Å². The lowest BCUT2D eigenvalue weighted by Gasteiger charge is -2.10. The molecule has 0 saturated carbocycles. The van der Waals surface area contributed by atoms with E-state index in [2.05, 4.69) is 15.9 Å². The first-order valence-electron chi connectivity index (χ1n) is 4.25. The van der Waals surface area contributed by atoms with Crippen molar-refractivity contribution in [2.45, 2.75) is 5.92 Å².